The third kappa shape index (κ3) is 1.32. The largest absolute Gasteiger partial charge is 0.357 e. The van der Waals surface area contributed by atoms with Crippen molar-refractivity contribution in [2.45, 2.75) is 13.5 Å². The van der Waals surface area contributed by atoms with E-state index in [0.29, 0.717) is 6.54 Å². The SMILES string of the molecule is Cc1ccc(Cl)c2cc(CN)[nH]c12. The predicted molar refractivity (Wildman–Crippen MR) is 55.9 cm³/mol. The standard InChI is InChI=1S/C10H11ClN2/c1-6-2-3-9(11)8-4-7(5-12)13-10(6)8/h2-4,13H,5,12H2,1H3. The molecule has 0 aliphatic heterocycles. The molecule has 3 heteroatoms. The van der Waals surface area contributed by atoms with Crippen LogP contribution in [-0.2, 0) is 6.54 Å². The number of nitrogens with one attached hydrogen (secondary N) is 1. The van der Waals surface area contributed by atoms with Gasteiger partial charge in [0.25, 0.3) is 0 Å². The lowest BCUT2D eigenvalue weighted by Gasteiger charge is -1.96. The molecule has 1 heterocycles. The zero-order valence-electron chi connectivity index (χ0n) is 7.39. The summed E-state index contributed by atoms with van der Waals surface area (Å²) in [7, 11) is 0. The van der Waals surface area contributed by atoms with Gasteiger partial charge in [-0.1, -0.05) is 17.7 Å². The summed E-state index contributed by atoms with van der Waals surface area (Å²) in [6, 6.07) is 5.92. The van der Waals surface area contributed by atoms with Gasteiger partial charge in [0.2, 0.25) is 0 Å². The molecule has 0 saturated heterocycles. The van der Waals surface area contributed by atoms with Crippen LogP contribution in [0.4, 0.5) is 0 Å². The quantitative estimate of drug-likeness (QED) is 0.720. The van der Waals surface area contributed by atoms with Gasteiger partial charge in [0.05, 0.1) is 5.52 Å². The molecule has 0 bridgehead atoms. The average molecular weight is 195 g/mol. The zero-order chi connectivity index (χ0) is 9.42. The maximum absolute atomic E-state index is 6.04. The van der Waals surface area contributed by atoms with Gasteiger partial charge < -0.3 is 10.7 Å². The summed E-state index contributed by atoms with van der Waals surface area (Å²) in [6.45, 7) is 2.57. The van der Waals surface area contributed by atoms with Crippen molar-refractivity contribution in [2.75, 3.05) is 0 Å². The van der Waals surface area contributed by atoms with E-state index >= 15 is 0 Å². The van der Waals surface area contributed by atoms with Gasteiger partial charge in [0, 0.05) is 22.6 Å². The van der Waals surface area contributed by atoms with Gasteiger partial charge in [0.1, 0.15) is 0 Å². The second kappa shape index (κ2) is 3.05. The van der Waals surface area contributed by atoms with Gasteiger partial charge in [-0.25, -0.2) is 0 Å². The van der Waals surface area contributed by atoms with E-state index in [1.165, 1.54) is 5.56 Å². The molecule has 0 unspecified atom stereocenters. The summed E-state index contributed by atoms with van der Waals surface area (Å²) in [4.78, 5) is 3.24. The molecule has 13 heavy (non-hydrogen) atoms. The Bertz CT molecular complexity index is 406. The summed E-state index contributed by atoms with van der Waals surface area (Å²) in [6.07, 6.45) is 0. The zero-order valence-corrected chi connectivity index (χ0v) is 8.15. The van der Waals surface area contributed by atoms with E-state index < -0.39 is 0 Å². The Morgan fingerprint density at radius 3 is 2.85 bits per heavy atom. The third-order valence-corrected chi connectivity index (χ3v) is 2.55. The number of hydrogen-bond acceptors (Lipinski definition) is 1. The van der Waals surface area contributed by atoms with Gasteiger partial charge in [-0.2, -0.15) is 0 Å². The highest BCUT2D eigenvalue weighted by Gasteiger charge is 2.05. The molecule has 0 aliphatic carbocycles. The number of halogens is 1. The molecule has 1 aromatic carbocycles. The molecular formula is C10H11ClN2. The molecule has 0 saturated carbocycles. The number of aryl methyl sites for hydroxylation is 1. The highest BCUT2D eigenvalue weighted by Crippen LogP contribution is 2.26. The molecule has 0 amide bonds. The summed E-state index contributed by atoms with van der Waals surface area (Å²) in [5, 5.41) is 1.83. The van der Waals surface area contributed by atoms with Crippen molar-refractivity contribution in [3.63, 3.8) is 0 Å². The Morgan fingerprint density at radius 1 is 1.46 bits per heavy atom. The number of aromatic amines is 1. The number of H-pyrrole nitrogens is 1. The number of benzene rings is 1. The first kappa shape index (κ1) is 8.60. The third-order valence-electron chi connectivity index (χ3n) is 2.22. The molecule has 68 valence electrons. The van der Waals surface area contributed by atoms with E-state index in [9.17, 15) is 0 Å². The maximum Gasteiger partial charge on any atom is 0.0501 e. The van der Waals surface area contributed by atoms with Gasteiger partial charge in [-0.15, -0.1) is 0 Å². The summed E-state index contributed by atoms with van der Waals surface area (Å²) < 4.78 is 0. The first-order valence-electron chi connectivity index (χ1n) is 4.19. The van der Waals surface area contributed by atoms with E-state index in [-0.39, 0.29) is 0 Å². The lowest BCUT2D eigenvalue weighted by atomic mass is 10.2. The fourth-order valence-electron chi connectivity index (χ4n) is 1.49. The molecule has 3 N–H and O–H groups in total. The lowest BCUT2D eigenvalue weighted by molar-refractivity contribution is 1.02. The normalized spacial score (nSPS) is 11.0. The molecule has 0 atom stereocenters. The monoisotopic (exact) mass is 194 g/mol. The minimum Gasteiger partial charge on any atom is -0.357 e. The van der Waals surface area contributed by atoms with Gasteiger partial charge >= 0.3 is 0 Å². The summed E-state index contributed by atoms with van der Waals surface area (Å²) in [5.74, 6) is 0. The Kier molecular flexibility index (Phi) is 2.02. The van der Waals surface area contributed by atoms with Crippen LogP contribution in [0.25, 0.3) is 10.9 Å². The number of rotatable bonds is 1. The van der Waals surface area contributed by atoms with Crippen LogP contribution in [-0.4, -0.2) is 4.98 Å². The van der Waals surface area contributed by atoms with Crippen LogP contribution >= 0.6 is 11.6 Å². The van der Waals surface area contributed by atoms with Crippen molar-refractivity contribution in [3.05, 3.63) is 34.5 Å². The van der Waals surface area contributed by atoms with Crippen molar-refractivity contribution in [3.8, 4) is 0 Å². The second-order valence-electron chi connectivity index (χ2n) is 3.15. The number of nitrogens with two attached hydrogens (primary N) is 1. The Labute approximate surface area is 81.7 Å². The van der Waals surface area contributed by atoms with Crippen molar-refractivity contribution in [2.24, 2.45) is 5.73 Å². The molecular weight excluding hydrogens is 184 g/mol. The van der Waals surface area contributed by atoms with Crippen LogP contribution in [0.1, 0.15) is 11.3 Å². The van der Waals surface area contributed by atoms with Gasteiger partial charge in [0.15, 0.2) is 0 Å². The number of aromatic nitrogens is 1. The van der Waals surface area contributed by atoms with Crippen molar-refractivity contribution < 1.29 is 0 Å². The molecule has 2 nitrogen and oxygen atoms in total. The van der Waals surface area contributed by atoms with E-state index in [1.807, 2.05) is 18.2 Å². The first-order valence-corrected chi connectivity index (χ1v) is 4.57. The van der Waals surface area contributed by atoms with Crippen LogP contribution in [0, 0.1) is 6.92 Å². The fraction of sp³-hybridized carbons (Fsp3) is 0.200. The van der Waals surface area contributed by atoms with Crippen LogP contribution in [0.2, 0.25) is 5.02 Å². The maximum atomic E-state index is 6.04. The molecule has 0 aliphatic rings. The topological polar surface area (TPSA) is 41.8 Å². The van der Waals surface area contributed by atoms with E-state index in [0.717, 1.165) is 21.6 Å². The summed E-state index contributed by atoms with van der Waals surface area (Å²) >= 11 is 6.04. The van der Waals surface area contributed by atoms with Crippen molar-refractivity contribution >= 4 is 22.5 Å². The van der Waals surface area contributed by atoms with Crippen LogP contribution < -0.4 is 5.73 Å². The molecule has 2 rings (SSSR count). The molecule has 2 aromatic rings. The number of fused-ring (bicyclic) bond motifs is 1. The van der Waals surface area contributed by atoms with E-state index in [4.69, 9.17) is 17.3 Å². The highest BCUT2D eigenvalue weighted by molar-refractivity contribution is 6.35. The predicted octanol–water partition coefficient (Wildman–Crippen LogP) is 2.59. The number of hydrogen-bond donors (Lipinski definition) is 2. The molecule has 0 spiro atoms. The molecule has 0 fully saturated rings. The second-order valence-corrected chi connectivity index (χ2v) is 3.56. The Balaban J connectivity index is 2.80. The van der Waals surface area contributed by atoms with Crippen LogP contribution in [0.3, 0.4) is 0 Å². The Morgan fingerprint density at radius 2 is 2.23 bits per heavy atom. The highest BCUT2D eigenvalue weighted by atomic mass is 35.5. The lowest BCUT2D eigenvalue weighted by Crippen LogP contribution is -1.95. The van der Waals surface area contributed by atoms with E-state index in [1.54, 1.807) is 0 Å². The average Bonchev–Trinajstić information content (AvgIpc) is 2.56. The van der Waals surface area contributed by atoms with E-state index in [2.05, 4.69) is 11.9 Å². The van der Waals surface area contributed by atoms with Gasteiger partial charge in [-0.3, -0.25) is 0 Å². The van der Waals surface area contributed by atoms with Crippen LogP contribution in [0.5, 0.6) is 0 Å². The summed E-state index contributed by atoms with van der Waals surface area (Å²) in [5.41, 5.74) is 8.84. The van der Waals surface area contributed by atoms with Crippen molar-refractivity contribution in [1.29, 1.82) is 0 Å². The van der Waals surface area contributed by atoms with Gasteiger partial charge in [-0.05, 0) is 24.6 Å². The fourth-order valence-corrected chi connectivity index (χ4v) is 1.70. The molecule has 1 aromatic heterocycles. The minimum atomic E-state index is 0.518. The molecule has 0 radical (unpaired) electrons. The Hall–Kier alpha value is -0.990. The smallest absolute Gasteiger partial charge is 0.0501 e. The van der Waals surface area contributed by atoms with Crippen molar-refractivity contribution in [1.82, 2.24) is 4.98 Å². The minimum absolute atomic E-state index is 0.518. The first-order chi connectivity index (χ1) is 6.22. The van der Waals surface area contributed by atoms with Crippen LogP contribution in [0.15, 0.2) is 18.2 Å².